The van der Waals surface area contributed by atoms with Crippen molar-refractivity contribution in [3.05, 3.63) is 12.2 Å². The van der Waals surface area contributed by atoms with Gasteiger partial charge in [0.15, 0.2) is 11.5 Å². The smallest absolute Gasteiger partial charge is 0.350 e. The van der Waals surface area contributed by atoms with Crippen LogP contribution < -0.4 is 5.73 Å². The van der Waals surface area contributed by atoms with Gasteiger partial charge in [-0.15, -0.1) is 0 Å². The normalized spacial score (nSPS) is 13.6. The average Bonchev–Trinajstić information content (AvgIpc) is 2.86. The standard InChI is InChI=1S/C11H18N5O6P/c12-10-9-11(15-8(14-10)3-7(18)4-17)16(5-13-9)1-2-22-6-23(19,20)21/h5,7,17-18H,1-4,6H2,(H2,12,14,15)(H2,19,20,21). The zero-order valence-electron chi connectivity index (χ0n) is 12.1. The quantitative estimate of drug-likeness (QED) is 0.277. The first kappa shape index (κ1) is 17.7. The molecule has 0 bridgehead atoms. The van der Waals surface area contributed by atoms with Gasteiger partial charge in [0, 0.05) is 13.0 Å². The number of anilines is 1. The average molecular weight is 347 g/mol. The molecule has 0 saturated heterocycles. The van der Waals surface area contributed by atoms with E-state index in [9.17, 15) is 9.67 Å². The molecule has 11 nitrogen and oxygen atoms in total. The number of aromatic nitrogens is 4. The Kier molecular flexibility index (Phi) is 5.63. The Bertz CT molecular complexity index is 716. The lowest BCUT2D eigenvalue weighted by molar-refractivity contribution is 0.0939. The predicted octanol–water partition coefficient (Wildman–Crippen LogP) is -1.54. The van der Waals surface area contributed by atoms with Gasteiger partial charge in [-0.1, -0.05) is 0 Å². The molecule has 2 aromatic rings. The Morgan fingerprint density at radius 2 is 2.13 bits per heavy atom. The maximum Gasteiger partial charge on any atom is 0.350 e. The van der Waals surface area contributed by atoms with E-state index in [4.69, 9.17) is 25.4 Å². The van der Waals surface area contributed by atoms with Gasteiger partial charge in [0.25, 0.3) is 0 Å². The number of ether oxygens (including phenoxy) is 1. The van der Waals surface area contributed by atoms with E-state index in [0.717, 1.165) is 0 Å². The van der Waals surface area contributed by atoms with Gasteiger partial charge in [-0.25, -0.2) is 15.0 Å². The highest BCUT2D eigenvalue weighted by molar-refractivity contribution is 7.51. The Labute approximate surface area is 130 Å². The van der Waals surface area contributed by atoms with Gasteiger partial charge in [-0.2, -0.15) is 0 Å². The Morgan fingerprint density at radius 1 is 1.39 bits per heavy atom. The lowest BCUT2D eigenvalue weighted by Crippen LogP contribution is -2.18. The highest BCUT2D eigenvalue weighted by Crippen LogP contribution is 2.33. The third kappa shape index (κ3) is 4.93. The fourth-order valence-electron chi connectivity index (χ4n) is 1.89. The number of hydrogen-bond acceptors (Lipinski definition) is 8. The van der Waals surface area contributed by atoms with Crippen molar-refractivity contribution < 1.29 is 29.3 Å². The number of nitrogen functional groups attached to an aromatic ring is 1. The summed E-state index contributed by atoms with van der Waals surface area (Å²) in [4.78, 5) is 29.8. The molecule has 0 aliphatic carbocycles. The molecule has 2 aromatic heterocycles. The van der Waals surface area contributed by atoms with Crippen molar-refractivity contribution in [1.29, 1.82) is 0 Å². The molecule has 0 spiro atoms. The Hall–Kier alpha value is -1.62. The first-order valence-electron chi connectivity index (χ1n) is 6.68. The van der Waals surface area contributed by atoms with E-state index in [1.807, 2.05) is 0 Å². The molecule has 0 amide bonds. The fraction of sp³-hybridized carbons (Fsp3) is 0.545. The third-order valence-electron chi connectivity index (χ3n) is 2.90. The van der Waals surface area contributed by atoms with Crippen molar-refractivity contribution in [2.24, 2.45) is 0 Å². The lowest BCUT2D eigenvalue weighted by atomic mass is 10.2. The van der Waals surface area contributed by atoms with Crippen molar-refractivity contribution in [3.63, 3.8) is 0 Å². The molecule has 128 valence electrons. The molecule has 0 saturated carbocycles. The molecule has 0 fully saturated rings. The van der Waals surface area contributed by atoms with Gasteiger partial charge in [0.1, 0.15) is 17.7 Å². The van der Waals surface area contributed by atoms with Crippen LogP contribution >= 0.6 is 7.60 Å². The second-order valence-corrected chi connectivity index (χ2v) is 6.47. The molecule has 2 rings (SSSR count). The molecule has 6 N–H and O–H groups in total. The number of nitrogens with zero attached hydrogens (tertiary/aromatic N) is 4. The molecule has 12 heteroatoms. The lowest BCUT2D eigenvalue weighted by Gasteiger charge is -2.09. The van der Waals surface area contributed by atoms with Gasteiger partial charge in [0.2, 0.25) is 0 Å². The molecule has 23 heavy (non-hydrogen) atoms. The summed E-state index contributed by atoms with van der Waals surface area (Å²) in [6.07, 6.45) is -0.154. The summed E-state index contributed by atoms with van der Waals surface area (Å²) in [7, 11) is -4.20. The van der Waals surface area contributed by atoms with Gasteiger partial charge >= 0.3 is 7.60 Å². The van der Waals surface area contributed by atoms with Crippen molar-refractivity contribution in [2.45, 2.75) is 19.1 Å². The maximum absolute atomic E-state index is 10.7. The number of rotatable bonds is 8. The van der Waals surface area contributed by atoms with E-state index in [1.165, 1.54) is 6.33 Å². The summed E-state index contributed by atoms with van der Waals surface area (Å²) in [5.41, 5.74) is 6.59. The fourth-order valence-corrected chi connectivity index (χ4v) is 2.26. The maximum atomic E-state index is 10.7. The minimum Gasteiger partial charge on any atom is -0.394 e. The third-order valence-corrected chi connectivity index (χ3v) is 3.42. The molecule has 0 aromatic carbocycles. The molecular weight excluding hydrogens is 329 g/mol. The number of imidazole rings is 1. The molecule has 0 radical (unpaired) electrons. The van der Waals surface area contributed by atoms with Crippen LogP contribution in [0.25, 0.3) is 11.2 Å². The highest BCUT2D eigenvalue weighted by Gasteiger charge is 2.15. The van der Waals surface area contributed by atoms with Crippen molar-refractivity contribution in [3.8, 4) is 0 Å². The second-order valence-electron chi connectivity index (χ2n) is 4.88. The molecule has 0 aliphatic heterocycles. The SMILES string of the molecule is Nc1nc(CC(O)CO)nc2c1ncn2CCOCP(=O)(O)O. The summed E-state index contributed by atoms with van der Waals surface area (Å²) in [5, 5.41) is 18.3. The van der Waals surface area contributed by atoms with Crippen LogP contribution in [0.2, 0.25) is 0 Å². The summed E-state index contributed by atoms with van der Waals surface area (Å²) in [6, 6.07) is 0. The molecular formula is C11H18N5O6P. The number of hydrogen-bond donors (Lipinski definition) is 5. The van der Waals surface area contributed by atoms with Crippen molar-refractivity contribution >= 4 is 24.6 Å². The van der Waals surface area contributed by atoms with Crippen LogP contribution in [0.1, 0.15) is 5.82 Å². The number of nitrogens with two attached hydrogens (primary N) is 1. The number of aliphatic hydroxyl groups excluding tert-OH is 2. The van der Waals surface area contributed by atoms with Crippen LogP contribution in [0.4, 0.5) is 5.82 Å². The van der Waals surface area contributed by atoms with Crippen LogP contribution in [0.15, 0.2) is 6.33 Å². The number of fused-ring (bicyclic) bond motifs is 1. The van der Waals surface area contributed by atoms with E-state index < -0.39 is 26.7 Å². The summed E-state index contributed by atoms with van der Waals surface area (Å²) >= 11 is 0. The summed E-state index contributed by atoms with van der Waals surface area (Å²) < 4.78 is 17.2. The first-order valence-corrected chi connectivity index (χ1v) is 8.48. The van der Waals surface area contributed by atoms with E-state index in [0.29, 0.717) is 11.2 Å². The predicted molar refractivity (Wildman–Crippen MR) is 79.4 cm³/mol. The Balaban J connectivity index is 2.12. The second kappa shape index (κ2) is 7.30. The van der Waals surface area contributed by atoms with Crippen molar-refractivity contribution in [2.75, 3.05) is 25.3 Å². The van der Waals surface area contributed by atoms with Crippen molar-refractivity contribution in [1.82, 2.24) is 19.5 Å². The zero-order chi connectivity index (χ0) is 17.0. The van der Waals surface area contributed by atoms with Crippen LogP contribution in [-0.4, -0.2) is 65.2 Å². The van der Waals surface area contributed by atoms with Crippen LogP contribution in [-0.2, 0) is 22.3 Å². The number of aliphatic hydroxyl groups is 2. The minimum absolute atomic E-state index is 0.0382. The largest absolute Gasteiger partial charge is 0.394 e. The topological polar surface area (TPSA) is 177 Å². The van der Waals surface area contributed by atoms with E-state index in [-0.39, 0.29) is 31.2 Å². The molecule has 2 heterocycles. The molecule has 1 unspecified atom stereocenters. The monoisotopic (exact) mass is 347 g/mol. The van der Waals surface area contributed by atoms with Gasteiger partial charge in [-0.05, 0) is 0 Å². The van der Waals surface area contributed by atoms with Gasteiger partial charge in [-0.3, -0.25) is 4.57 Å². The van der Waals surface area contributed by atoms with E-state index >= 15 is 0 Å². The van der Waals surface area contributed by atoms with Crippen LogP contribution in [0.5, 0.6) is 0 Å². The summed E-state index contributed by atoms with van der Waals surface area (Å²) in [6.45, 7) is -0.110. The molecule has 0 aliphatic rings. The van der Waals surface area contributed by atoms with Crippen LogP contribution in [0, 0.1) is 0 Å². The van der Waals surface area contributed by atoms with E-state index in [1.54, 1.807) is 4.57 Å². The van der Waals surface area contributed by atoms with Crippen LogP contribution in [0.3, 0.4) is 0 Å². The first-order chi connectivity index (χ1) is 10.8. The van der Waals surface area contributed by atoms with Gasteiger partial charge < -0.3 is 35.0 Å². The molecule has 1 atom stereocenters. The van der Waals surface area contributed by atoms with Gasteiger partial charge in [0.05, 0.1) is 25.6 Å². The summed E-state index contributed by atoms with van der Waals surface area (Å²) in [5.74, 6) is 0.402. The Morgan fingerprint density at radius 3 is 2.78 bits per heavy atom. The highest BCUT2D eigenvalue weighted by atomic mass is 31.2. The van der Waals surface area contributed by atoms with E-state index in [2.05, 4.69) is 15.0 Å². The minimum atomic E-state index is -4.20. The zero-order valence-corrected chi connectivity index (χ0v) is 13.0.